The van der Waals surface area contributed by atoms with E-state index in [0.29, 0.717) is 59.5 Å². The molecule has 2 amide bonds. The number of ether oxygens (including phenoxy) is 1. The third-order valence-electron chi connectivity index (χ3n) is 8.93. The first kappa shape index (κ1) is 31.8. The third kappa shape index (κ3) is 6.41. The zero-order chi connectivity index (χ0) is 33.8. The van der Waals surface area contributed by atoms with Crippen LogP contribution in [-0.4, -0.2) is 43.4 Å². The summed E-state index contributed by atoms with van der Waals surface area (Å²) in [5, 5.41) is 25.4. The molecule has 1 aromatic heterocycles. The van der Waals surface area contributed by atoms with Crippen LogP contribution in [0.5, 0.6) is 5.75 Å². The van der Waals surface area contributed by atoms with E-state index in [1.807, 2.05) is 84.9 Å². The summed E-state index contributed by atoms with van der Waals surface area (Å²) in [4.78, 5) is 36.1. The van der Waals surface area contributed by atoms with Gasteiger partial charge in [0.05, 0.1) is 23.2 Å². The zero-order valence-electron chi connectivity index (χ0n) is 26.8. The topological polar surface area (TPSA) is 128 Å². The quantitative estimate of drug-likeness (QED) is 0.111. The van der Waals surface area contributed by atoms with Gasteiger partial charge >= 0.3 is 0 Å². The van der Waals surface area contributed by atoms with E-state index in [1.165, 1.54) is 11.0 Å². The van der Waals surface area contributed by atoms with E-state index in [2.05, 4.69) is 10.3 Å². The number of phenolic OH excluding ortho intramolecular Hbond substituents is 1. The van der Waals surface area contributed by atoms with Crippen molar-refractivity contribution in [2.45, 2.75) is 37.8 Å². The normalized spacial score (nSPS) is 16.1. The van der Waals surface area contributed by atoms with Crippen LogP contribution in [0.15, 0.2) is 127 Å². The Morgan fingerprint density at radius 3 is 2.35 bits per heavy atom. The maximum atomic E-state index is 13.7. The average molecular weight is 653 g/mol. The van der Waals surface area contributed by atoms with Crippen LogP contribution >= 0.6 is 0 Å². The summed E-state index contributed by atoms with van der Waals surface area (Å²) in [5.74, 6) is -0.0335. The summed E-state index contributed by atoms with van der Waals surface area (Å²) in [6.07, 6.45) is 0.718. The highest BCUT2D eigenvalue weighted by atomic mass is 16.5. The number of amides is 2. The number of benzene rings is 5. The van der Waals surface area contributed by atoms with Crippen molar-refractivity contribution in [3.05, 3.63) is 167 Å². The third-order valence-corrected chi connectivity index (χ3v) is 8.93. The van der Waals surface area contributed by atoms with E-state index < -0.39 is 11.8 Å². The van der Waals surface area contributed by atoms with E-state index in [-0.39, 0.29) is 29.7 Å². The molecule has 9 heteroatoms. The van der Waals surface area contributed by atoms with Gasteiger partial charge in [0.1, 0.15) is 17.7 Å². The molecule has 2 atom stereocenters. The number of imidazole rings is 1. The van der Waals surface area contributed by atoms with Gasteiger partial charge in [0, 0.05) is 29.8 Å². The van der Waals surface area contributed by atoms with Gasteiger partial charge in [-0.25, -0.2) is 4.98 Å². The number of nitrogens with one attached hydrogen (secondary N) is 2. The van der Waals surface area contributed by atoms with E-state index >= 15 is 0 Å². The number of carbonyl (C=O) groups excluding carboxylic acids is 2. The highest BCUT2D eigenvalue weighted by Gasteiger charge is 2.49. The molecule has 1 aliphatic rings. The van der Waals surface area contributed by atoms with Crippen molar-refractivity contribution in [3.63, 3.8) is 0 Å². The number of H-pyrrole nitrogens is 1. The van der Waals surface area contributed by atoms with Gasteiger partial charge in [-0.1, -0.05) is 97.1 Å². The molecule has 246 valence electrons. The Bertz CT molecular complexity index is 2100. The van der Waals surface area contributed by atoms with Crippen LogP contribution in [0, 0.1) is 0 Å². The van der Waals surface area contributed by atoms with E-state index in [9.17, 15) is 19.8 Å². The summed E-state index contributed by atoms with van der Waals surface area (Å²) in [6, 6.07) is 38.6. The number of aromatic hydroxyl groups is 1. The molecule has 1 aliphatic heterocycles. The summed E-state index contributed by atoms with van der Waals surface area (Å²) >= 11 is 0. The Morgan fingerprint density at radius 1 is 0.878 bits per heavy atom. The maximum absolute atomic E-state index is 13.7. The fraction of sp³-hybridized carbons (Fsp3) is 0.175. The van der Waals surface area contributed by atoms with Gasteiger partial charge in [0.15, 0.2) is 5.72 Å². The van der Waals surface area contributed by atoms with Crippen molar-refractivity contribution >= 4 is 22.8 Å². The second-order valence-electron chi connectivity index (χ2n) is 12.1. The number of nitrogens with zero attached hydrogens (tertiary/aromatic N) is 2. The Balaban J connectivity index is 1.15. The molecule has 49 heavy (non-hydrogen) atoms. The molecule has 0 radical (unpaired) electrons. The van der Waals surface area contributed by atoms with E-state index in [0.717, 1.165) is 11.1 Å². The predicted octanol–water partition coefficient (Wildman–Crippen LogP) is 6.59. The van der Waals surface area contributed by atoms with Crippen molar-refractivity contribution < 1.29 is 24.5 Å². The number of rotatable bonds is 12. The van der Waals surface area contributed by atoms with Gasteiger partial charge in [0.2, 0.25) is 0 Å². The summed E-state index contributed by atoms with van der Waals surface area (Å²) in [5.41, 5.74) is 3.37. The number of aromatic amines is 1. The lowest BCUT2D eigenvalue weighted by Gasteiger charge is -2.35. The first-order valence-electron chi connectivity index (χ1n) is 16.3. The lowest BCUT2D eigenvalue weighted by molar-refractivity contribution is -0.0542. The first-order valence-corrected chi connectivity index (χ1v) is 16.3. The van der Waals surface area contributed by atoms with Crippen LogP contribution in [-0.2, 0) is 23.6 Å². The molecule has 4 N–H and O–H groups in total. The first-order chi connectivity index (χ1) is 23.9. The van der Waals surface area contributed by atoms with Crippen LogP contribution in [0.3, 0.4) is 0 Å². The van der Waals surface area contributed by atoms with Gasteiger partial charge < -0.3 is 25.3 Å². The van der Waals surface area contributed by atoms with Crippen LogP contribution in [0.2, 0.25) is 0 Å². The Hall–Kier alpha value is -5.77. The largest absolute Gasteiger partial charge is 0.507 e. The number of aliphatic hydroxyl groups is 1. The smallest absolute Gasteiger partial charge is 0.257 e. The molecule has 0 saturated carbocycles. The number of carbonyl (C=O) groups is 2. The summed E-state index contributed by atoms with van der Waals surface area (Å²) in [7, 11) is 0. The van der Waals surface area contributed by atoms with Crippen molar-refractivity contribution in [2.75, 3.05) is 6.54 Å². The fourth-order valence-corrected chi connectivity index (χ4v) is 6.39. The molecule has 5 aromatic carbocycles. The number of phenols is 1. The molecule has 0 bridgehead atoms. The molecule has 9 nitrogen and oxygen atoms in total. The van der Waals surface area contributed by atoms with Crippen LogP contribution in [0.4, 0.5) is 0 Å². The number of hydrogen-bond acceptors (Lipinski definition) is 6. The van der Waals surface area contributed by atoms with Gasteiger partial charge in [-0.15, -0.1) is 0 Å². The summed E-state index contributed by atoms with van der Waals surface area (Å²) in [6.45, 7) is 0.971. The Kier molecular flexibility index (Phi) is 8.93. The van der Waals surface area contributed by atoms with Gasteiger partial charge in [-0.2, -0.15) is 0 Å². The molecule has 2 unspecified atom stereocenters. The SMILES string of the molecule is O=C(NCCCC(OCc1ccccc1)c1nc2ccc(C3(O)c4ccccc4C(=O)N3Cc3ccccc3)cc2[nH]1)c1ccccc1O. The van der Waals surface area contributed by atoms with Crippen molar-refractivity contribution in [3.8, 4) is 5.75 Å². The highest BCUT2D eigenvalue weighted by Crippen LogP contribution is 2.43. The monoisotopic (exact) mass is 652 g/mol. The average Bonchev–Trinajstić information content (AvgIpc) is 3.66. The van der Waals surface area contributed by atoms with E-state index in [4.69, 9.17) is 9.72 Å². The molecule has 0 spiro atoms. The lowest BCUT2D eigenvalue weighted by Crippen LogP contribution is -2.44. The second-order valence-corrected chi connectivity index (χ2v) is 12.1. The Morgan fingerprint density at radius 2 is 1.57 bits per heavy atom. The molecular formula is C40H36N4O5. The molecule has 2 heterocycles. The van der Waals surface area contributed by atoms with Gasteiger partial charge in [-0.05, 0) is 54.3 Å². The zero-order valence-corrected chi connectivity index (χ0v) is 26.8. The van der Waals surface area contributed by atoms with Crippen molar-refractivity contribution in [1.29, 1.82) is 0 Å². The van der Waals surface area contributed by atoms with Crippen molar-refractivity contribution in [2.24, 2.45) is 0 Å². The van der Waals surface area contributed by atoms with Gasteiger partial charge in [0.25, 0.3) is 11.8 Å². The highest BCUT2D eigenvalue weighted by molar-refractivity contribution is 6.00. The number of hydrogen-bond donors (Lipinski definition) is 4. The number of aromatic nitrogens is 2. The number of para-hydroxylation sites is 1. The second kappa shape index (κ2) is 13.8. The minimum absolute atomic E-state index is 0.0657. The standard InChI is InChI=1S/C40H36N4O5/c45-35-19-10-8-17-31(35)38(46)41-23-11-20-36(49-26-28-14-5-2-6-15-28)37-42-33-22-21-29(24-34(33)43-37)40(48)32-18-9-7-16-30(32)39(47)44(40)25-27-12-3-1-4-13-27/h1-10,12-19,21-22,24,36,45,48H,11,20,23,25-26H2,(H,41,46)(H,42,43). The number of fused-ring (bicyclic) bond motifs is 2. The molecular weight excluding hydrogens is 616 g/mol. The molecule has 0 aliphatic carbocycles. The Labute approximate surface area is 283 Å². The summed E-state index contributed by atoms with van der Waals surface area (Å²) < 4.78 is 6.40. The predicted molar refractivity (Wildman–Crippen MR) is 185 cm³/mol. The van der Waals surface area contributed by atoms with Crippen LogP contribution in [0.25, 0.3) is 11.0 Å². The minimum atomic E-state index is -1.70. The van der Waals surface area contributed by atoms with Crippen molar-refractivity contribution in [1.82, 2.24) is 20.2 Å². The molecule has 0 fully saturated rings. The molecule has 7 rings (SSSR count). The molecule has 0 saturated heterocycles. The van der Waals surface area contributed by atoms with Crippen LogP contribution in [0.1, 0.15) is 67.7 Å². The maximum Gasteiger partial charge on any atom is 0.257 e. The van der Waals surface area contributed by atoms with E-state index in [1.54, 1.807) is 36.4 Å². The fourth-order valence-electron chi connectivity index (χ4n) is 6.39. The lowest BCUT2D eigenvalue weighted by atomic mass is 9.93. The van der Waals surface area contributed by atoms with Gasteiger partial charge in [-0.3, -0.25) is 14.5 Å². The molecule has 6 aromatic rings. The minimum Gasteiger partial charge on any atom is -0.507 e. The van der Waals surface area contributed by atoms with Crippen LogP contribution < -0.4 is 5.32 Å².